The number of nitrogens with one attached hydrogen (secondary N) is 2. The lowest BCUT2D eigenvalue weighted by Gasteiger charge is -2.21. The van der Waals surface area contributed by atoms with Crippen molar-refractivity contribution in [1.82, 2.24) is 10.2 Å². The minimum Gasteiger partial charge on any atom is -0.347 e. The van der Waals surface area contributed by atoms with Crippen LogP contribution in [0.3, 0.4) is 0 Å². The number of benzene rings is 2. The molecule has 0 aromatic heterocycles. The van der Waals surface area contributed by atoms with Gasteiger partial charge in [-0.15, -0.1) is 0 Å². The number of halogens is 4. The molecule has 2 rings (SSSR count). The molecule has 2 aromatic carbocycles. The number of carbonyl (C=O) groups is 3. The lowest BCUT2D eigenvalue weighted by atomic mass is 10.1. The van der Waals surface area contributed by atoms with Crippen molar-refractivity contribution in [3.8, 4) is 0 Å². The van der Waals surface area contributed by atoms with Gasteiger partial charge in [0.25, 0.3) is 0 Å². The van der Waals surface area contributed by atoms with E-state index < -0.39 is 54.1 Å². The van der Waals surface area contributed by atoms with Gasteiger partial charge < -0.3 is 15.5 Å². The van der Waals surface area contributed by atoms with E-state index in [0.29, 0.717) is 5.56 Å². The maximum Gasteiger partial charge on any atom is 0.418 e. The second kappa shape index (κ2) is 10.6. The number of alkyl halides is 3. The lowest BCUT2D eigenvalue weighted by Crippen LogP contribution is -2.44. The van der Waals surface area contributed by atoms with E-state index in [2.05, 4.69) is 10.6 Å². The summed E-state index contributed by atoms with van der Waals surface area (Å²) >= 11 is 0. The van der Waals surface area contributed by atoms with E-state index >= 15 is 0 Å². The predicted octanol–water partition coefficient (Wildman–Crippen LogP) is 2.99. The van der Waals surface area contributed by atoms with Gasteiger partial charge in [-0.2, -0.15) is 13.2 Å². The van der Waals surface area contributed by atoms with Crippen LogP contribution in [-0.4, -0.2) is 42.3 Å². The maximum absolute atomic E-state index is 13.2. The lowest BCUT2D eigenvalue weighted by molar-refractivity contribution is -0.137. The molecule has 3 amide bonds. The molecule has 166 valence electrons. The van der Waals surface area contributed by atoms with Gasteiger partial charge in [0.05, 0.1) is 30.8 Å². The molecule has 0 heterocycles. The largest absolute Gasteiger partial charge is 0.418 e. The molecule has 0 unspecified atom stereocenters. The number of para-hydroxylation sites is 1. The predicted molar refractivity (Wildman–Crippen MR) is 105 cm³/mol. The van der Waals surface area contributed by atoms with Crippen molar-refractivity contribution in [2.45, 2.75) is 19.5 Å². The Balaban J connectivity index is 1.90. The molecule has 0 spiro atoms. The molecule has 0 fully saturated rings. The van der Waals surface area contributed by atoms with Crippen LogP contribution in [0.4, 0.5) is 23.2 Å². The van der Waals surface area contributed by atoms with Crippen molar-refractivity contribution >= 4 is 23.4 Å². The van der Waals surface area contributed by atoms with Gasteiger partial charge in [-0.05, 0) is 36.8 Å². The first-order chi connectivity index (χ1) is 14.6. The molecule has 0 aliphatic heterocycles. The fraction of sp³-hybridized carbons (Fsp3) is 0.286. The fourth-order valence-corrected chi connectivity index (χ4v) is 2.76. The van der Waals surface area contributed by atoms with Gasteiger partial charge in [0.2, 0.25) is 17.7 Å². The first kappa shape index (κ1) is 23.8. The number of hydrogen-bond donors (Lipinski definition) is 2. The second-order valence-electron chi connectivity index (χ2n) is 6.58. The monoisotopic (exact) mass is 439 g/mol. The number of nitrogens with zero attached hydrogens (tertiary/aromatic N) is 1. The maximum atomic E-state index is 13.2. The van der Waals surface area contributed by atoms with E-state index in [9.17, 15) is 31.9 Å². The Morgan fingerprint density at radius 3 is 2.35 bits per heavy atom. The molecule has 2 aromatic rings. The number of hydrogen-bond acceptors (Lipinski definition) is 3. The molecule has 10 heteroatoms. The molecule has 0 aliphatic rings. The van der Waals surface area contributed by atoms with Crippen molar-refractivity contribution < 1.29 is 31.9 Å². The highest BCUT2D eigenvalue weighted by atomic mass is 19.4. The third-order valence-corrected chi connectivity index (χ3v) is 4.27. The van der Waals surface area contributed by atoms with Crippen LogP contribution in [0.5, 0.6) is 0 Å². The zero-order chi connectivity index (χ0) is 23.0. The average molecular weight is 439 g/mol. The summed E-state index contributed by atoms with van der Waals surface area (Å²) in [7, 11) is 0. The first-order valence-electron chi connectivity index (χ1n) is 9.35. The number of amides is 3. The van der Waals surface area contributed by atoms with Crippen LogP contribution in [0.25, 0.3) is 0 Å². The summed E-state index contributed by atoms with van der Waals surface area (Å²) in [6, 6.07) is 9.96. The van der Waals surface area contributed by atoms with Gasteiger partial charge in [-0.25, -0.2) is 4.39 Å². The van der Waals surface area contributed by atoms with Crippen LogP contribution in [0, 0.1) is 5.82 Å². The highest BCUT2D eigenvalue weighted by Crippen LogP contribution is 2.34. The summed E-state index contributed by atoms with van der Waals surface area (Å²) in [5, 5.41) is 4.55. The number of carbonyl (C=O) groups excluding carboxylic acids is 3. The summed E-state index contributed by atoms with van der Waals surface area (Å²) in [5.41, 5.74) is -0.978. The van der Waals surface area contributed by atoms with E-state index in [1.807, 2.05) is 0 Å². The second-order valence-corrected chi connectivity index (χ2v) is 6.58. The van der Waals surface area contributed by atoms with E-state index in [0.717, 1.165) is 17.0 Å². The smallest absolute Gasteiger partial charge is 0.347 e. The van der Waals surface area contributed by atoms with Gasteiger partial charge in [-0.1, -0.05) is 24.3 Å². The van der Waals surface area contributed by atoms with Crippen LogP contribution in [-0.2, 0) is 27.0 Å². The molecule has 31 heavy (non-hydrogen) atoms. The molecule has 6 nitrogen and oxygen atoms in total. The van der Waals surface area contributed by atoms with Crippen molar-refractivity contribution in [3.05, 3.63) is 65.5 Å². The van der Waals surface area contributed by atoms with E-state index in [1.165, 1.54) is 30.3 Å². The Morgan fingerprint density at radius 2 is 1.71 bits per heavy atom. The van der Waals surface area contributed by atoms with Crippen LogP contribution in [0.1, 0.15) is 18.1 Å². The van der Waals surface area contributed by atoms with Gasteiger partial charge >= 0.3 is 6.18 Å². The van der Waals surface area contributed by atoms with Gasteiger partial charge in [-0.3, -0.25) is 14.4 Å². The third kappa shape index (κ3) is 7.40. The summed E-state index contributed by atoms with van der Waals surface area (Å²) in [6.45, 7) is 0.798. The summed E-state index contributed by atoms with van der Waals surface area (Å²) in [4.78, 5) is 37.5. The zero-order valence-corrected chi connectivity index (χ0v) is 16.6. The van der Waals surface area contributed by atoms with Crippen LogP contribution in [0.2, 0.25) is 0 Å². The van der Waals surface area contributed by atoms with Gasteiger partial charge in [0, 0.05) is 6.54 Å². The summed E-state index contributed by atoms with van der Waals surface area (Å²) < 4.78 is 52.3. The number of anilines is 1. The van der Waals surface area contributed by atoms with E-state index in [-0.39, 0.29) is 13.0 Å². The van der Waals surface area contributed by atoms with Crippen molar-refractivity contribution in [1.29, 1.82) is 0 Å². The van der Waals surface area contributed by atoms with E-state index in [4.69, 9.17) is 0 Å². The molecular weight excluding hydrogens is 418 g/mol. The van der Waals surface area contributed by atoms with Crippen molar-refractivity contribution in [2.24, 2.45) is 0 Å². The minimum absolute atomic E-state index is 0.104. The standard InChI is InChI=1S/C21H21F4N3O3/c1-2-28(13-19(30)27-17-9-4-3-8-16(17)21(23,24)25)20(31)12-26-18(29)11-14-6-5-7-15(22)10-14/h3-10H,2,11-13H2,1H3,(H,26,29)(H,27,30). The Labute approximate surface area is 176 Å². The van der Waals surface area contributed by atoms with Crippen LogP contribution >= 0.6 is 0 Å². The summed E-state index contributed by atoms with van der Waals surface area (Å²) in [5.74, 6) is -2.40. The Bertz CT molecular complexity index is 947. The molecule has 0 aliphatic carbocycles. The number of likely N-dealkylation sites (N-methyl/N-ethyl adjacent to an activating group) is 1. The quantitative estimate of drug-likeness (QED) is 0.621. The molecule has 0 saturated heterocycles. The highest BCUT2D eigenvalue weighted by molar-refractivity contribution is 5.96. The van der Waals surface area contributed by atoms with E-state index in [1.54, 1.807) is 13.0 Å². The molecular formula is C21H21F4N3O3. The highest BCUT2D eigenvalue weighted by Gasteiger charge is 2.33. The topological polar surface area (TPSA) is 78.5 Å². The normalized spacial score (nSPS) is 11.0. The molecule has 0 radical (unpaired) electrons. The minimum atomic E-state index is -4.64. The van der Waals surface area contributed by atoms with Gasteiger partial charge in [0.1, 0.15) is 5.82 Å². The number of rotatable bonds is 8. The third-order valence-electron chi connectivity index (χ3n) is 4.27. The molecule has 0 atom stereocenters. The van der Waals surface area contributed by atoms with Gasteiger partial charge in [0.15, 0.2) is 0 Å². The Hall–Kier alpha value is -3.43. The zero-order valence-electron chi connectivity index (χ0n) is 16.6. The molecule has 2 N–H and O–H groups in total. The Kier molecular flexibility index (Phi) is 8.12. The van der Waals surface area contributed by atoms with Crippen LogP contribution in [0.15, 0.2) is 48.5 Å². The Morgan fingerprint density at radius 1 is 1.00 bits per heavy atom. The average Bonchev–Trinajstić information content (AvgIpc) is 2.70. The fourth-order valence-electron chi connectivity index (χ4n) is 2.76. The summed E-state index contributed by atoms with van der Waals surface area (Å²) in [6.07, 6.45) is -4.78. The SMILES string of the molecule is CCN(CC(=O)Nc1ccccc1C(F)(F)F)C(=O)CNC(=O)Cc1cccc(F)c1. The first-order valence-corrected chi connectivity index (χ1v) is 9.35. The molecule has 0 saturated carbocycles. The van der Waals surface area contributed by atoms with Crippen molar-refractivity contribution in [3.63, 3.8) is 0 Å². The molecule has 0 bridgehead atoms. The van der Waals surface area contributed by atoms with Crippen molar-refractivity contribution in [2.75, 3.05) is 25.0 Å². The van der Waals surface area contributed by atoms with Crippen LogP contribution < -0.4 is 10.6 Å².